The van der Waals surface area contributed by atoms with Crippen LogP contribution in [0, 0.1) is 0 Å². The normalized spacial score (nSPS) is 13.2. The number of carbonyl (C=O) groups is 2. The second kappa shape index (κ2) is 17.6. The largest absolute Gasteiger partial charge is 0.507 e. The maximum Gasteiger partial charge on any atom is 0.343 e. The fourth-order valence-electron chi connectivity index (χ4n) is 8.51. The Morgan fingerprint density at radius 1 is 0.353 bits per heavy atom. The van der Waals surface area contributed by atoms with Gasteiger partial charge in [-0.1, -0.05) is 132 Å². The van der Waals surface area contributed by atoms with Crippen molar-refractivity contribution in [1.29, 1.82) is 0 Å². The summed E-state index contributed by atoms with van der Waals surface area (Å²) in [6.07, 6.45) is 0.452. The molecule has 356 valence electrons. The molecule has 68 heavy (non-hydrogen) atoms. The van der Waals surface area contributed by atoms with Crippen molar-refractivity contribution in [1.82, 2.24) is 0 Å². The molecule has 0 spiro atoms. The first-order valence-corrected chi connectivity index (χ1v) is 23.0. The van der Waals surface area contributed by atoms with Gasteiger partial charge in [0.05, 0.1) is 11.1 Å². The van der Waals surface area contributed by atoms with Gasteiger partial charge in [0.25, 0.3) is 0 Å². The first kappa shape index (κ1) is 49.0. The molecular weight excluding hydrogens is 857 g/mol. The van der Waals surface area contributed by atoms with E-state index < -0.39 is 45.1 Å². The summed E-state index contributed by atoms with van der Waals surface area (Å²) in [5, 5.41) is 66.1. The van der Waals surface area contributed by atoms with E-state index >= 15 is 0 Å². The first-order valence-electron chi connectivity index (χ1n) is 23.0. The molecule has 0 fully saturated rings. The van der Waals surface area contributed by atoms with Crippen molar-refractivity contribution in [3.8, 4) is 46.0 Å². The van der Waals surface area contributed by atoms with E-state index in [0.29, 0.717) is 44.5 Å². The summed E-state index contributed by atoms with van der Waals surface area (Å²) in [4.78, 5) is 28.3. The molecule has 1 aliphatic carbocycles. The highest BCUT2D eigenvalue weighted by molar-refractivity contribution is 5.93. The number of hydrogen-bond acceptors (Lipinski definition) is 10. The molecule has 0 aromatic heterocycles. The molecule has 0 heterocycles. The second-order valence-electron chi connectivity index (χ2n) is 22.4. The van der Waals surface area contributed by atoms with E-state index in [1.54, 1.807) is 0 Å². The van der Waals surface area contributed by atoms with Gasteiger partial charge in [0.2, 0.25) is 0 Å². The van der Waals surface area contributed by atoms with Gasteiger partial charge in [0.1, 0.15) is 23.0 Å². The van der Waals surface area contributed by atoms with Crippen LogP contribution in [0.1, 0.15) is 171 Å². The SMILES string of the molecule is CC(C)(C)c1cc2c(O)c(c1)Cc1cc(C(C)(C)C)cc(c1OC(=O)c1ccc(O)c(O)c1)Cc1cc(C(C)(C)C)cc(c1O)Cc1cc(C(C)(C)C)cc(c1OC(=O)c1ccc(O)c(O)c1)C2. The summed E-state index contributed by atoms with van der Waals surface area (Å²) in [7, 11) is 0. The van der Waals surface area contributed by atoms with Crippen molar-refractivity contribution >= 4 is 11.9 Å². The molecule has 7 rings (SSSR count). The number of benzene rings is 6. The van der Waals surface area contributed by atoms with Gasteiger partial charge in [0, 0.05) is 47.9 Å². The monoisotopic (exact) mass is 920 g/mol. The molecule has 10 heteroatoms. The first-order chi connectivity index (χ1) is 31.5. The zero-order chi connectivity index (χ0) is 50.0. The standard InChI is InChI=1S/C58H64O10/c1-55(2,3)41-21-33-17-37-25-43(57(7,8)9)27-39(51(37)67-53(65)31-13-15-45(59)47(61)29-31)19-35-23-42(56(4,5)6)24-36(50(35)64)20-40-28-44(58(10,11)12)26-38(18-34(22-41)49(33)63)52(40)68-54(66)32-14-16-46(60)48(62)30-32/h13-16,21-30,59-64H,17-20H2,1-12H3. The number of ether oxygens (including phenoxy) is 2. The van der Waals surface area contributed by atoms with Gasteiger partial charge < -0.3 is 40.1 Å². The lowest BCUT2D eigenvalue weighted by molar-refractivity contribution is 0.0722. The van der Waals surface area contributed by atoms with Crippen LogP contribution in [-0.4, -0.2) is 42.6 Å². The molecule has 0 aliphatic heterocycles. The third kappa shape index (κ3) is 10.3. The minimum absolute atomic E-state index is 0.00783. The molecule has 0 radical (unpaired) electrons. The Balaban J connectivity index is 1.58. The van der Waals surface area contributed by atoms with Gasteiger partial charge in [0.15, 0.2) is 23.0 Å². The smallest absolute Gasteiger partial charge is 0.343 e. The predicted molar refractivity (Wildman–Crippen MR) is 265 cm³/mol. The number of aromatic hydroxyl groups is 6. The van der Waals surface area contributed by atoms with E-state index in [9.17, 15) is 40.2 Å². The molecule has 6 N–H and O–H groups in total. The van der Waals surface area contributed by atoms with Gasteiger partial charge in [-0.25, -0.2) is 9.59 Å². The number of hydrogen-bond donors (Lipinski definition) is 6. The Hall–Kier alpha value is -6.94. The summed E-state index contributed by atoms with van der Waals surface area (Å²) >= 11 is 0. The Morgan fingerprint density at radius 2 is 0.588 bits per heavy atom. The Morgan fingerprint density at radius 3 is 0.809 bits per heavy atom. The van der Waals surface area contributed by atoms with Crippen LogP contribution in [0.15, 0.2) is 84.9 Å². The van der Waals surface area contributed by atoms with Crippen LogP contribution >= 0.6 is 0 Å². The Bertz CT molecular complexity index is 2680. The zero-order valence-corrected chi connectivity index (χ0v) is 41.2. The van der Waals surface area contributed by atoms with Gasteiger partial charge in [-0.05, 0) is 103 Å². The summed E-state index contributed by atoms with van der Waals surface area (Å²) in [5.41, 5.74) is 6.76. The van der Waals surface area contributed by atoms with Gasteiger partial charge in [-0.3, -0.25) is 0 Å². The topological polar surface area (TPSA) is 174 Å². The Kier molecular flexibility index (Phi) is 12.7. The Labute approximate surface area is 399 Å². The third-order valence-electron chi connectivity index (χ3n) is 12.8. The highest BCUT2D eigenvalue weighted by Gasteiger charge is 2.30. The van der Waals surface area contributed by atoms with Crippen LogP contribution in [0.25, 0.3) is 0 Å². The average molecular weight is 921 g/mol. The fourth-order valence-corrected chi connectivity index (χ4v) is 8.51. The molecule has 0 atom stereocenters. The minimum atomic E-state index is -0.778. The van der Waals surface area contributed by atoms with E-state index in [1.807, 2.05) is 48.5 Å². The van der Waals surface area contributed by atoms with Gasteiger partial charge >= 0.3 is 11.9 Å². The van der Waals surface area contributed by atoms with Crippen molar-refractivity contribution in [2.24, 2.45) is 0 Å². The lowest BCUT2D eigenvalue weighted by Crippen LogP contribution is -2.18. The summed E-state index contributed by atoms with van der Waals surface area (Å²) in [6, 6.07) is 23.3. The highest BCUT2D eigenvalue weighted by atomic mass is 16.5. The van der Waals surface area contributed by atoms with Crippen LogP contribution in [0.4, 0.5) is 0 Å². The maximum absolute atomic E-state index is 14.2. The average Bonchev–Trinajstić information content (AvgIpc) is 3.22. The van der Waals surface area contributed by atoms with Crippen molar-refractivity contribution in [2.75, 3.05) is 0 Å². The zero-order valence-electron chi connectivity index (χ0n) is 41.2. The molecule has 0 saturated heterocycles. The molecular formula is C58H64O10. The van der Waals surface area contributed by atoms with Gasteiger partial charge in [-0.15, -0.1) is 0 Å². The van der Waals surface area contributed by atoms with Crippen molar-refractivity contribution in [3.05, 3.63) is 163 Å². The molecule has 6 aromatic rings. The van der Waals surface area contributed by atoms with E-state index in [1.165, 1.54) is 24.3 Å². The summed E-state index contributed by atoms with van der Waals surface area (Å²) in [5.74, 6) is -2.79. The minimum Gasteiger partial charge on any atom is -0.507 e. The van der Waals surface area contributed by atoms with Crippen molar-refractivity contribution in [3.63, 3.8) is 0 Å². The molecule has 0 amide bonds. The van der Waals surface area contributed by atoms with Crippen LogP contribution in [0.3, 0.4) is 0 Å². The van der Waals surface area contributed by atoms with E-state index in [4.69, 9.17) is 9.47 Å². The number of phenols is 6. The molecule has 0 saturated carbocycles. The van der Waals surface area contributed by atoms with Crippen LogP contribution in [0.5, 0.6) is 46.0 Å². The van der Waals surface area contributed by atoms with Crippen molar-refractivity contribution in [2.45, 2.75) is 130 Å². The van der Waals surface area contributed by atoms with Crippen LogP contribution in [0.2, 0.25) is 0 Å². The molecule has 0 unspecified atom stereocenters. The maximum atomic E-state index is 14.2. The predicted octanol–water partition coefficient (Wildman–Crippen LogP) is 12.2. The summed E-state index contributed by atoms with van der Waals surface area (Å²) < 4.78 is 12.8. The van der Waals surface area contributed by atoms with Gasteiger partial charge in [-0.2, -0.15) is 0 Å². The van der Waals surface area contributed by atoms with Crippen molar-refractivity contribution < 1.29 is 49.7 Å². The lowest BCUT2D eigenvalue weighted by Gasteiger charge is -2.28. The number of esters is 2. The van der Waals surface area contributed by atoms with Crippen LogP contribution in [-0.2, 0) is 47.3 Å². The van der Waals surface area contributed by atoms with E-state index in [2.05, 4.69) is 83.1 Å². The number of rotatable bonds is 4. The number of phenolic OH excluding ortho intramolecular Hbond substituents is 6. The molecule has 10 nitrogen and oxygen atoms in total. The molecule has 8 bridgehead atoms. The lowest BCUT2D eigenvalue weighted by atomic mass is 9.79. The van der Waals surface area contributed by atoms with Crippen LogP contribution < -0.4 is 9.47 Å². The second-order valence-corrected chi connectivity index (χ2v) is 22.4. The quantitative estimate of drug-likeness (QED) is 0.0566. The molecule has 6 aromatic carbocycles. The van der Waals surface area contributed by atoms with E-state index in [0.717, 1.165) is 34.4 Å². The number of carbonyl (C=O) groups excluding carboxylic acids is 2. The number of fused-ring (bicyclic) bond motifs is 8. The highest BCUT2D eigenvalue weighted by Crippen LogP contribution is 2.44. The third-order valence-corrected chi connectivity index (χ3v) is 12.8. The molecule has 1 aliphatic rings. The summed E-state index contributed by atoms with van der Waals surface area (Å²) in [6.45, 7) is 25.1. The van der Waals surface area contributed by atoms with E-state index in [-0.39, 0.29) is 71.3 Å². The fraction of sp³-hybridized carbons (Fsp3) is 0.345.